The number of likely N-dealkylation sites (tertiary alicyclic amines) is 1. The van der Waals surface area contributed by atoms with Gasteiger partial charge in [0.15, 0.2) is 0 Å². The summed E-state index contributed by atoms with van der Waals surface area (Å²) in [7, 11) is 1.90. The van der Waals surface area contributed by atoms with E-state index in [4.69, 9.17) is 0 Å². The number of piperidine rings is 1. The minimum Gasteiger partial charge on any atom is -0.508 e. The number of phenols is 1. The molecule has 184 valence electrons. The number of aromatic hydroxyl groups is 1. The van der Waals surface area contributed by atoms with Gasteiger partial charge in [-0.2, -0.15) is 0 Å². The Kier molecular flexibility index (Phi) is 4.61. The van der Waals surface area contributed by atoms with E-state index in [-0.39, 0.29) is 33.9 Å². The third-order valence-electron chi connectivity index (χ3n) is 10.7. The molecule has 6 heteroatoms. The lowest BCUT2D eigenvalue weighted by Gasteiger charge is -2.67. The highest BCUT2D eigenvalue weighted by Crippen LogP contribution is 2.72. The van der Waals surface area contributed by atoms with Crippen molar-refractivity contribution < 1.29 is 9.90 Å². The Morgan fingerprint density at radius 2 is 2.00 bits per heavy atom. The average molecular weight is 474 g/mol. The first kappa shape index (κ1) is 21.7. The zero-order chi connectivity index (χ0) is 23.9. The van der Waals surface area contributed by atoms with E-state index in [2.05, 4.69) is 22.0 Å². The van der Waals surface area contributed by atoms with Gasteiger partial charge in [-0.25, -0.2) is 0 Å². The molecule has 4 bridgehead atoms. The Morgan fingerprint density at radius 1 is 1.17 bits per heavy atom. The molecule has 4 aliphatic carbocycles. The second-order valence-corrected chi connectivity index (χ2v) is 12.0. The van der Waals surface area contributed by atoms with Crippen LogP contribution in [0.4, 0.5) is 0 Å². The van der Waals surface area contributed by atoms with Gasteiger partial charge in [0, 0.05) is 37.3 Å². The third kappa shape index (κ3) is 2.86. The van der Waals surface area contributed by atoms with Crippen LogP contribution in [-0.2, 0) is 11.8 Å². The Labute approximate surface area is 206 Å². The monoisotopic (exact) mass is 473 g/mol. The fourth-order valence-corrected chi connectivity index (χ4v) is 9.16. The van der Waals surface area contributed by atoms with Crippen LogP contribution in [0.25, 0.3) is 0 Å². The SMILES string of the molecule is CN(C(=O)c1ccc[nH]c1=O)C1CCC23CCC1C21CCN(CC2CC2)C3Cc2ccc(O)cc21. The van der Waals surface area contributed by atoms with Crippen molar-refractivity contribution in [2.75, 3.05) is 20.1 Å². The number of nitrogens with zero attached hydrogens (tertiary/aromatic N) is 2. The standard InChI is InChI=1S/C29H35N3O3/c1-31(27(35)21-3-2-13-30-26(21)34)24-9-11-28-10-8-22(24)29(28)12-14-32(17-18-4-5-18)25(28)15-19-6-7-20(33)16-23(19)29/h2-3,6-7,13,16,18,22,24-25,33H,4-5,8-12,14-15,17H2,1H3,(H,30,34). The fourth-order valence-electron chi connectivity index (χ4n) is 9.16. The van der Waals surface area contributed by atoms with Gasteiger partial charge in [0.2, 0.25) is 0 Å². The van der Waals surface area contributed by atoms with Crippen molar-refractivity contribution in [1.82, 2.24) is 14.8 Å². The van der Waals surface area contributed by atoms with Crippen LogP contribution in [0, 0.1) is 17.3 Å². The predicted molar refractivity (Wildman–Crippen MR) is 134 cm³/mol. The van der Waals surface area contributed by atoms with E-state index in [0.29, 0.717) is 17.7 Å². The van der Waals surface area contributed by atoms with Gasteiger partial charge in [0.25, 0.3) is 11.5 Å². The van der Waals surface area contributed by atoms with Crippen LogP contribution >= 0.6 is 0 Å². The van der Waals surface area contributed by atoms with Crippen molar-refractivity contribution in [3.63, 3.8) is 0 Å². The molecule has 5 atom stereocenters. The fraction of sp³-hybridized carbons (Fsp3) is 0.586. The van der Waals surface area contributed by atoms with Gasteiger partial charge in [-0.05, 0) is 111 Å². The maximum atomic E-state index is 13.5. The zero-order valence-electron chi connectivity index (χ0n) is 20.5. The van der Waals surface area contributed by atoms with Gasteiger partial charge < -0.3 is 15.0 Å². The van der Waals surface area contributed by atoms with Crippen LogP contribution < -0.4 is 5.56 Å². The summed E-state index contributed by atoms with van der Waals surface area (Å²) in [5.74, 6) is 1.40. The molecule has 5 aliphatic rings. The lowest BCUT2D eigenvalue weighted by Crippen LogP contribution is -2.70. The summed E-state index contributed by atoms with van der Waals surface area (Å²) in [6.07, 6.45) is 10.9. The smallest absolute Gasteiger partial charge is 0.260 e. The van der Waals surface area contributed by atoms with Crippen LogP contribution in [0.1, 0.15) is 66.4 Å². The number of nitrogens with one attached hydrogen (secondary N) is 1. The van der Waals surface area contributed by atoms with Crippen molar-refractivity contribution in [1.29, 1.82) is 0 Å². The van der Waals surface area contributed by atoms with E-state index < -0.39 is 0 Å². The minimum absolute atomic E-state index is 0.00932. The van der Waals surface area contributed by atoms with Crippen molar-refractivity contribution in [2.45, 2.75) is 68.9 Å². The lowest BCUT2D eigenvalue weighted by molar-refractivity contribution is -0.104. The summed E-state index contributed by atoms with van der Waals surface area (Å²) in [5.41, 5.74) is 2.86. The van der Waals surface area contributed by atoms with Gasteiger partial charge in [-0.3, -0.25) is 14.5 Å². The average Bonchev–Trinajstić information content (AvgIpc) is 3.64. The van der Waals surface area contributed by atoms with Gasteiger partial charge in [0.05, 0.1) is 0 Å². The van der Waals surface area contributed by atoms with E-state index >= 15 is 0 Å². The van der Waals surface area contributed by atoms with Crippen LogP contribution in [0.3, 0.4) is 0 Å². The van der Waals surface area contributed by atoms with Gasteiger partial charge in [-0.15, -0.1) is 0 Å². The molecule has 0 radical (unpaired) electrons. The van der Waals surface area contributed by atoms with Crippen LogP contribution in [0.15, 0.2) is 41.3 Å². The van der Waals surface area contributed by atoms with Gasteiger partial charge in [-0.1, -0.05) is 6.07 Å². The summed E-state index contributed by atoms with van der Waals surface area (Å²) >= 11 is 0. The first-order chi connectivity index (χ1) is 16.9. The Balaban J connectivity index is 1.32. The summed E-state index contributed by atoms with van der Waals surface area (Å²) in [6, 6.07) is 10.1. The van der Waals surface area contributed by atoms with E-state index in [1.165, 1.54) is 36.9 Å². The summed E-state index contributed by atoms with van der Waals surface area (Å²) in [6.45, 7) is 2.34. The van der Waals surface area contributed by atoms with Crippen LogP contribution in [0.2, 0.25) is 0 Å². The summed E-state index contributed by atoms with van der Waals surface area (Å²) in [4.78, 5) is 33.3. The number of H-pyrrole nitrogens is 1. The van der Waals surface area contributed by atoms with Crippen LogP contribution in [-0.4, -0.2) is 58.0 Å². The molecule has 35 heavy (non-hydrogen) atoms. The van der Waals surface area contributed by atoms with Crippen molar-refractivity contribution in [2.24, 2.45) is 17.3 Å². The topological polar surface area (TPSA) is 76.6 Å². The molecule has 1 aromatic carbocycles. The molecule has 2 heterocycles. The number of amides is 1. The molecular formula is C29H35N3O3. The number of rotatable bonds is 4. The van der Waals surface area contributed by atoms with Gasteiger partial charge >= 0.3 is 0 Å². The molecule has 5 unspecified atom stereocenters. The maximum Gasteiger partial charge on any atom is 0.260 e. The summed E-state index contributed by atoms with van der Waals surface area (Å²) < 4.78 is 0. The van der Waals surface area contributed by atoms with E-state index in [9.17, 15) is 14.7 Å². The van der Waals surface area contributed by atoms with E-state index in [1.54, 1.807) is 18.3 Å². The second-order valence-electron chi connectivity index (χ2n) is 12.0. The number of aromatic nitrogens is 1. The molecule has 3 saturated carbocycles. The number of pyridine rings is 1. The number of carbonyl (C=O) groups excluding carboxylic acids is 1. The second kappa shape index (κ2) is 7.45. The molecule has 0 spiro atoms. The summed E-state index contributed by atoms with van der Waals surface area (Å²) in [5, 5.41) is 10.6. The molecule has 6 nitrogen and oxygen atoms in total. The molecule has 1 saturated heterocycles. The highest BCUT2D eigenvalue weighted by atomic mass is 16.3. The molecule has 2 aromatic rings. The van der Waals surface area contributed by atoms with Crippen molar-refractivity contribution in [3.8, 4) is 5.75 Å². The number of hydrogen-bond acceptors (Lipinski definition) is 4. The molecule has 2 N–H and O–H groups in total. The lowest BCUT2D eigenvalue weighted by atomic mass is 9.43. The number of fused-ring (bicyclic) bond motifs is 1. The first-order valence-electron chi connectivity index (χ1n) is 13.5. The van der Waals surface area contributed by atoms with Gasteiger partial charge in [0.1, 0.15) is 11.3 Å². The molecule has 1 amide bonds. The molecule has 1 aliphatic heterocycles. The number of hydrogen-bond donors (Lipinski definition) is 2. The molecule has 7 rings (SSSR count). The molecular weight excluding hydrogens is 438 g/mol. The largest absolute Gasteiger partial charge is 0.508 e. The predicted octanol–water partition coefficient (Wildman–Crippen LogP) is 3.69. The highest BCUT2D eigenvalue weighted by molar-refractivity contribution is 5.93. The Bertz CT molecular complexity index is 1250. The number of benzene rings is 1. The third-order valence-corrected chi connectivity index (χ3v) is 10.7. The zero-order valence-corrected chi connectivity index (χ0v) is 20.5. The Hall–Kier alpha value is -2.60. The van der Waals surface area contributed by atoms with Crippen molar-refractivity contribution >= 4 is 5.91 Å². The quantitative estimate of drug-likeness (QED) is 0.710. The number of aromatic amines is 1. The van der Waals surface area contributed by atoms with Crippen molar-refractivity contribution in [3.05, 3.63) is 63.6 Å². The van der Waals surface area contributed by atoms with E-state index in [1.807, 2.05) is 18.0 Å². The number of phenolic OH excluding ortho intramolecular Hbond substituents is 1. The maximum absolute atomic E-state index is 13.5. The highest BCUT2D eigenvalue weighted by Gasteiger charge is 2.71. The molecule has 1 aromatic heterocycles. The normalized spacial score (nSPS) is 35.3. The Morgan fingerprint density at radius 3 is 2.80 bits per heavy atom. The van der Waals surface area contributed by atoms with Crippen LogP contribution in [0.5, 0.6) is 5.75 Å². The minimum atomic E-state index is -0.319. The number of carbonyl (C=O) groups is 1. The first-order valence-corrected chi connectivity index (χ1v) is 13.5. The van der Waals surface area contributed by atoms with E-state index in [0.717, 1.165) is 44.6 Å². The molecule has 4 fully saturated rings.